The van der Waals surface area contributed by atoms with Gasteiger partial charge in [0.15, 0.2) is 0 Å². The molecule has 0 unspecified atom stereocenters. The molecule has 3 N–H and O–H groups in total. The first-order chi connectivity index (χ1) is 12.0. The Balaban J connectivity index is 2.27. The number of anilines is 1. The third-order valence-corrected chi connectivity index (χ3v) is 4.58. The topological polar surface area (TPSA) is 97.3 Å². The molecule has 0 bridgehead atoms. The molecule has 2 aromatic rings. The molecule has 1 aliphatic heterocycles. The Hall–Kier alpha value is -3.01. The van der Waals surface area contributed by atoms with Crippen LogP contribution in [0.5, 0.6) is 0 Å². The lowest BCUT2D eigenvalue weighted by Crippen LogP contribution is -2.21. The minimum absolute atomic E-state index is 0.0620. The average Bonchev–Trinajstić information content (AvgIpc) is 3.07. The highest BCUT2D eigenvalue weighted by Crippen LogP contribution is 2.36. The van der Waals surface area contributed by atoms with Crippen LogP contribution in [-0.2, 0) is 0 Å². The number of nitrogens with two attached hydrogens (primary N) is 1. The summed E-state index contributed by atoms with van der Waals surface area (Å²) in [6.07, 6.45) is 6.30. The van der Waals surface area contributed by atoms with Crippen LogP contribution in [0.4, 0.5) is 5.82 Å². The van der Waals surface area contributed by atoms with Crippen molar-refractivity contribution >= 4 is 22.8 Å². The van der Waals surface area contributed by atoms with Crippen LogP contribution in [0.3, 0.4) is 0 Å². The fourth-order valence-corrected chi connectivity index (χ4v) is 3.57. The van der Waals surface area contributed by atoms with E-state index >= 15 is 0 Å². The van der Waals surface area contributed by atoms with Crippen LogP contribution in [0.1, 0.15) is 49.3 Å². The third kappa shape index (κ3) is 2.70. The van der Waals surface area contributed by atoms with Gasteiger partial charge in [0.05, 0.1) is 11.4 Å². The van der Waals surface area contributed by atoms with Gasteiger partial charge in [-0.1, -0.05) is 12.0 Å². The van der Waals surface area contributed by atoms with Gasteiger partial charge in [0, 0.05) is 12.6 Å². The lowest BCUT2D eigenvalue weighted by molar-refractivity contribution is 0.0698. The second kappa shape index (κ2) is 6.48. The van der Waals surface area contributed by atoms with E-state index in [9.17, 15) is 9.90 Å². The van der Waals surface area contributed by atoms with E-state index < -0.39 is 5.97 Å². The van der Waals surface area contributed by atoms with Crippen LogP contribution in [0.15, 0.2) is 18.6 Å². The van der Waals surface area contributed by atoms with Crippen LogP contribution >= 0.6 is 0 Å². The predicted octanol–water partition coefficient (Wildman–Crippen LogP) is 2.25. The van der Waals surface area contributed by atoms with E-state index in [1.54, 1.807) is 6.92 Å². The summed E-state index contributed by atoms with van der Waals surface area (Å²) in [5.41, 5.74) is 7.03. The van der Waals surface area contributed by atoms with E-state index in [1.807, 2.05) is 17.6 Å². The molecular weight excluding hydrogens is 318 g/mol. The number of aromatic nitrogens is 3. The zero-order valence-electron chi connectivity index (χ0n) is 14.5. The SMILES string of the molecule is CC#Cc1c(C(=O)O)c2c(N)ncnc2n1[C@@H]1C[C@H](C)N(C=CC)C1. The fraction of sp³-hybridized carbons (Fsp3) is 0.389. The first-order valence-electron chi connectivity index (χ1n) is 8.18. The Labute approximate surface area is 146 Å². The van der Waals surface area contributed by atoms with E-state index in [1.165, 1.54) is 6.33 Å². The molecule has 0 amide bonds. The maximum Gasteiger partial charge on any atom is 0.339 e. The van der Waals surface area contributed by atoms with Crippen molar-refractivity contribution in [2.75, 3.05) is 12.3 Å². The molecule has 1 fully saturated rings. The summed E-state index contributed by atoms with van der Waals surface area (Å²) in [4.78, 5) is 22.5. The number of hydrogen-bond acceptors (Lipinski definition) is 5. The number of nitrogens with zero attached hydrogens (tertiary/aromatic N) is 4. The summed E-state index contributed by atoms with van der Waals surface area (Å²) < 4.78 is 1.92. The molecule has 0 saturated carbocycles. The number of carboxylic acid groups (broad SMARTS) is 1. The molecule has 25 heavy (non-hydrogen) atoms. The van der Waals surface area contributed by atoms with Crippen molar-refractivity contribution in [3.05, 3.63) is 29.9 Å². The molecule has 0 spiro atoms. The van der Waals surface area contributed by atoms with Gasteiger partial charge in [-0.05, 0) is 39.3 Å². The normalized spacial score (nSPS) is 20.2. The molecule has 130 valence electrons. The zero-order chi connectivity index (χ0) is 18.1. The number of carboxylic acids is 1. The lowest BCUT2D eigenvalue weighted by atomic mass is 10.1. The summed E-state index contributed by atoms with van der Waals surface area (Å²) in [6.45, 7) is 6.58. The van der Waals surface area contributed by atoms with Crippen molar-refractivity contribution < 1.29 is 9.90 Å². The molecule has 1 aliphatic rings. The lowest BCUT2D eigenvalue weighted by Gasteiger charge is -2.18. The summed E-state index contributed by atoms with van der Waals surface area (Å²) >= 11 is 0. The standard InChI is InChI=1S/C18H21N5O2/c1-4-6-13-14(18(24)25)15-16(19)20-10-21-17(15)23(13)12-8-11(3)22(9-12)7-5-2/h5,7,10-12H,8-9H2,1-3H3,(H,24,25)(H2,19,20,21)/t11-,12+/m0/s1. The third-order valence-electron chi connectivity index (χ3n) is 4.58. The smallest absolute Gasteiger partial charge is 0.339 e. The molecule has 0 aliphatic carbocycles. The number of allylic oxidation sites excluding steroid dienone is 1. The van der Waals surface area contributed by atoms with E-state index in [2.05, 4.69) is 39.8 Å². The highest BCUT2D eigenvalue weighted by atomic mass is 16.4. The number of likely N-dealkylation sites (tertiary alicyclic amines) is 1. The average molecular weight is 339 g/mol. The van der Waals surface area contributed by atoms with E-state index in [4.69, 9.17) is 5.73 Å². The van der Waals surface area contributed by atoms with Gasteiger partial charge < -0.3 is 20.3 Å². The monoisotopic (exact) mass is 339 g/mol. The van der Waals surface area contributed by atoms with Gasteiger partial charge in [-0.3, -0.25) is 0 Å². The number of carbonyl (C=O) groups is 1. The minimum atomic E-state index is -1.07. The quantitative estimate of drug-likeness (QED) is 0.833. The molecular formula is C18H21N5O2. The second-order valence-electron chi connectivity index (χ2n) is 6.15. The van der Waals surface area contributed by atoms with Crippen molar-refractivity contribution in [2.24, 2.45) is 0 Å². The van der Waals surface area contributed by atoms with Gasteiger partial charge in [0.1, 0.15) is 29.0 Å². The Morgan fingerprint density at radius 2 is 2.24 bits per heavy atom. The van der Waals surface area contributed by atoms with Crippen molar-refractivity contribution in [1.29, 1.82) is 0 Å². The Kier molecular flexibility index (Phi) is 4.36. The van der Waals surface area contributed by atoms with Crippen LogP contribution in [0.2, 0.25) is 0 Å². The first kappa shape index (κ1) is 16.8. The Morgan fingerprint density at radius 1 is 1.48 bits per heavy atom. The minimum Gasteiger partial charge on any atom is -0.478 e. The van der Waals surface area contributed by atoms with Gasteiger partial charge in [0.2, 0.25) is 0 Å². The van der Waals surface area contributed by atoms with Crippen molar-refractivity contribution in [2.45, 2.75) is 39.3 Å². The van der Waals surface area contributed by atoms with Gasteiger partial charge >= 0.3 is 5.97 Å². The molecule has 1 saturated heterocycles. The first-order valence-corrected chi connectivity index (χ1v) is 8.18. The Bertz CT molecular complexity index is 919. The molecule has 7 heteroatoms. The number of hydrogen-bond donors (Lipinski definition) is 2. The molecule has 3 heterocycles. The predicted molar refractivity (Wildman–Crippen MR) is 96.1 cm³/mol. The fourth-order valence-electron chi connectivity index (χ4n) is 3.57. The summed E-state index contributed by atoms with van der Waals surface area (Å²) in [7, 11) is 0. The molecule has 7 nitrogen and oxygen atoms in total. The Morgan fingerprint density at radius 3 is 2.88 bits per heavy atom. The van der Waals surface area contributed by atoms with Gasteiger partial charge in [0.25, 0.3) is 0 Å². The highest BCUT2D eigenvalue weighted by molar-refractivity contribution is 6.08. The number of rotatable bonds is 3. The molecule has 0 radical (unpaired) electrons. The van der Waals surface area contributed by atoms with Crippen LogP contribution in [0.25, 0.3) is 11.0 Å². The number of aromatic carboxylic acids is 1. The maximum atomic E-state index is 11.9. The highest BCUT2D eigenvalue weighted by Gasteiger charge is 2.34. The zero-order valence-corrected chi connectivity index (χ0v) is 14.5. The van der Waals surface area contributed by atoms with Gasteiger partial charge in [-0.25, -0.2) is 14.8 Å². The van der Waals surface area contributed by atoms with E-state index in [-0.39, 0.29) is 17.4 Å². The van der Waals surface area contributed by atoms with Crippen molar-refractivity contribution in [1.82, 2.24) is 19.4 Å². The van der Waals surface area contributed by atoms with Crippen LogP contribution < -0.4 is 5.73 Å². The maximum absolute atomic E-state index is 11.9. The number of fused-ring (bicyclic) bond motifs is 1. The molecule has 0 aromatic carbocycles. The summed E-state index contributed by atoms with van der Waals surface area (Å²) in [6, 6.07) is 0.403. The number of nitrogen functional groups attached to an aromatic ring is 1. The summed E-state index contributed by atoms with van der Waals surface area (Å²) in [5, 5.41) is 10.1. The van der Waals surface area contributed by atoms with Gasteiger partial charge in [-0.15, -0.1) is 0 Å². The van der Waals surface area contributed by atoms with Crippen LogP contribution in [0, 0.1) is 11.8 Å². The molecule has 3 rings (SSSR count). The van der Waals surface area contributed by atoms with Crippen molar-refractivity contribution in [3.63, 3.8) is 0 Å². The second-order valence-corrected chi connectivity index (χ2v) is 6.15. The van der Waals surface area contributed by atoms with Crippen molar-refractivity contribution in [3.8, 4) is 11.8 Å². The van der Waals surface area contributed by atoms with Gasteiger partial charge in [-0.2, -0.15) is 0 Å². The molecule has 2 atom stereocenters. The van der Waals surface area contributed by atoms with E-state index in [0.29, 0.717) is 22.8 Å². The van der Waals surface area contributed by atoms with Crippen LogP contribution in [-0.4, -0.2) is 43.1 Å². The molecule has 2 aromatic heterocycles. The summed E-state index contributed by atoms with van der Waals surface area (Å²) in [5.74, 6) is 4.87. The van der Waals surface area contributed by atoms with E-state index in [0.717, 1.165) is 13.0 Å². The largest absolute Gasteiger partial charge is 0.478 e.